The summed E-state index contributed by atoms with van der Waals surface area (Å²) in [6.07, 6.45) is 1.47. The van der Waals surface area contributed by atoms with Gasteiger partial charge in [-0.05, 0) is 30.2 Å². The SMILES string of the molecule is CCC(=O)NCC(=O)Nc1ccc2c(c1)CCC(=O)N2. The van der Waals surface area contributed by atoms with Gasteiger partial charge in [-0.2, -0.15) is 0 Å². The van der Waals surface area contributed by atoms with Crippen molar-refractivity contribution < 1.29 is 14.4 Å². The molecule has 0 spiro atoms. The van der Waals surface area contributed by atoms with Gasteiger partial charge in [-0.15, -0.1) is 0 Å². The Bertz CT molecular complexity index is 555. The lowest BCUT2D eigenvalue weighted by atomic mass is 10.0. The number of aryl methyl sites for hydroxylation is 1. The molecule has 0 saturated heterocycles. The molecule has 1 heterocycles. The maximum Gasteiger partial charge on any atom is 0.243 e. The highest BCUT2D eigenvalue weighted by Gasteiger charge is 2.15. The van der Waals surface area contributed by atoms with Crippen LogP contribution in [0.15, 0.2) is 18.2 Å². The van der Waals surface area contributed by atoms with Gasteiger partial charge < -0.3 is 16.0 Å². The molecule has 0 unspecified atom stereocenters. The number of fused-ring (bicyclic) bond motifs is 1. The van der Waals surface area contributed by atoms with Gasteiger partial charge >= 0.3 is 0 Å². The summed E-state index contributed by atoms with van der Waals surface area (Å²) in [5.74, 6) is -0.420. The van der Waals surface area contributed by atoms with Crippen molar-refractivity contribution in [2.24, 2.45) is 0 Å². The Kier molecular flexibility index (Phi) is 4.34. The molecular formula is C14H17N3O3. The van der Waals surface area contributed by atoms with E-state index in [0.29, 0.717) is 24.9 Å². The Morgan fingerprint density at radius 2 is 2.05 bits per heavy atom. The maximum atomic E-state index is 11.7. The minimum atomic E-state index is -0.272. The molecule has 1 aromatic carbocycles. The van der Waals surface area contributed by atoms with Crippen molar-refractivity contribution in [3.05, 3.63) is 23.8 Å². The van der Waals surface area contributed by atoms with Gasteiger partial charge in [-0.25, -0.2) is 0 Å². The first-order chi connectivity index (χ1) is 9.58. The Balaban J connectivity index is 1.95. The molecule has 106 valence electrons. The number of rotatable bonds is 4. The number of amides is 3. The number of nitrogens with one attached hydrogen (secondary N) is 3. The van der Waals surface area contributed by atoms with Gasteiger partial charge in [-0.3, -0.25) is 14.4 Å². The molecule has 3 N–H and O–H groups in total. The standard InChI is InChI=1S/C14H17N3O3/c1-2-12(18)15-8-14(20)16-10-4-5-11-9(7-10)3-6-13(19)17-11/h4-5,7H,2-3,6,8H2,1H3,(H,15,18)(H,16,20)(H,17,19). The number of carbonyl (C=O) groups is 3. The van der Waals surface area contributed by atoms with Crippen molar-refractivity contribution in [2.45, 2.75) is 26.2 Å². The fourth-order valence-electron chi connectivity index (χ4n) is 1.97. The molecular weight excluding hydrogens is 258 g/mol. The van der Waals surface area contributed by atoms with Crippen LogP contribution in [-0.2, 0) is 20.8 Å². The molecule has 0 atom stereocenters. The molecule has 6 heteroatoms. The van der Waals surface area contributed by atoms with Crippen LogP contribution in [0.2, 0.25) is 0 Å². The Morgan fingerprint density at radius 1 is 1.25 bits per heavy atom. The topological polar surface area (TPSA) is 87.3 Å². The van der Waals surface area contributed by atoms with Crippen LogP contribution in [-0.4, -0.2) is 24.3 Å². The third kappa shape index (κ3) is 3.57. The summed E-state index contributed by atoms with van der Waals surface area (Å²) in [7, 11) is 0. The van der Waals surface area contributed by atoms with E-state index in [1.807, 2.05) is 6.07 Å². The quantitative estimate of drug-likeness (QED) is 0.767. The van der Waals surface area contributed by atoms with Crippen LogP contribution >= 0.6 is 0 Å². The zero-order chi connectivity index (χ0) is 14.5. The highest BCUT2D eigenvalue weighted by Crippen LogP contribution is 2.25. The Hall–Kier alpha value is -2.37. The van der Waals surface area contributed by atoms with Gasteiger partial charge in [0, 0.05) is 24.2 Å². The summed E-state index contributed by atoms with van der Waals surface area (Å²) in [6.45, 7) is 1.69. The highest BCUT2D eigenvalue weighted by molar-refractivity contribution is 5.97. The summed E-state index contributed by atoms with van der Waals surface area (Å²) < 4.78 is 0. The van der Waals surface area contributed by atoms with E-state index in [4.69, 9.17) is 0 Å². The van der Waals surface area contributed by atoms with Gasteiger partial charge in [0.25, 0.3) is 0 Å². The van der Waals surface area contributed by atoms with E-state index < -0.39 is 0 Å². The summed E-state index contributed by atoms with van der Waals surface area (Å²) in [5.41, 5.74) is 2.45. The lowest BCUT2D eigenvalue weighted by Gasteiger charge is -2.17. The fraction of sp³-hybridized carbons (Fsp3) is 0.357. The van der Waals surface area contributed by atoms with E-state index in [1.54, 1.807) is 19.1 Å². The van der Waals surface area contributed by atoms with E-state index >= 15 is 0 Å². The predicted octanol–water partition coefficient (Wildman–Crippen LogP) is 1.04. The first kappa shape index (κ1) is 14.0. The Labute approximate surface area is 116 Å². The van der Waals surface area contributed by atoms with Gasteiger partial charge in [0.2, 0.25) is 17.7 Å². The number of carbonyl (C=O) groups excluding carboxylic acids is 3. The zero-order valence-electron chi connectivity index (χ0n) is 11.3. The average molecular weight is 275 g/mol. The fourth-order valence-corrected chi connectivity index (χ4v) is 1.97. The molecule has 2 rings (SSSR count). The van der Waals surface area contributed by atoms with E-state index in [9.17, 15) is 14.4 Å². The molecule has 0 aliphatic carbocycles. The van der Waals surface area contributed by atoms with Crippen LogP contribution in [0.1, 0.15) is 25.3 Å². The zero-order valence-corrected chi connectivity index (χ0v) is 11.3. The molecule has 0 radical (unpaired) electrons. The van der Waals surface area contributed by atoms with Crippen LogP contribution in [0.25, 0.3) is 0 Å². The van der Waals surface area contributed by atoms with Crippen molar-refractivity contribution >= 4 is 29.1 Å². The second-order valence-electron chi connectivity index (χ2n) is 4.60. The molecule has 1 aliphatic rings. The summed E-state index contributed by atoms with van der Waals surface area (Å²) in [6, 6.07) is 5.34. The third-order valence-corrected chi connectivity index (χ3v) is 3.05. The van der Waals surface area contributed by atoms with Gasteiger partial charge in [0.1, 0.15) is 0 Å². The number of anilines is 2. The lowest BCUT2D eigenvalue weighted by Crippen LogP contribution is -2.32. The largest absolute Gasteiger partial charge is 0.347 e. The first-order valence-corrected chi connectivity index (χ1v) is 6.58. The molecule has 1 aromatic rings. The minimum absolute atomic E-state index is 0.0107. The van der Waals surface area contributed by atoms with E-state index in [1.165, 1.54) is 0 Å². The van der Waals surface area contributed by atoms with Crippen molar-refractivity contribution in [3.63, 3.8) is 0 Å². The molecule has 0 saturated carbocycles. The smallest absolute Gasteiger partial charge is 0.243 e. The van der Waals surface area contributed by atoms with Gasteiger partial charge in [-0.1, -0.05) is 6.92 Å². The van der Waals surface area contributed by atoms with E-state index in [2.05, 4.69) is 16.0 Å². The molecule has 6 nitrogen and oxygen atoms in total. The second-order valence-corrected chi connectivity index (χ2v) is 4.60. The van der Waals surface area contributed by atoms with Crippen molar-refractivity contribution in [2.75, 3.05) is 17.2 Å². The normalized spacial score (nSPS) is 13.2. The monoisotopic (exact) mass is 275 g/mol. The van der Waals surface area contributed by atoms with E-state index in [0.717, 1.165) is 11.3 Å². The number of benzene rings is 1. The molecule has 3 amide bonds. The highest BCUT2D eigenvalue weighted by atomic mass is 16.2. The van der Waals surface area contributed by atoms with Crippen LogP contribution < -0.4 is 16.0 Å². The van der Waals surface area contributed by atoms with Crippen LogP contribution in [0.3, 0.4) is 0 Å². The van der Waals surface area contributed by atoms with E-state index in [-0.39, 0.29) is 24.3 Å². The van der Waals surface area contributed by atoms with Crippen molar-refractivity contribution in [1.29, 1.82) is 0 Å². The predicted molar refractivity (Wildman–Crippen MR) is 75.3 cm³/mol. The Morgan fingerprint density at radius 3 is 2.80 bits per heavy atom. The first-order valence-electron chi connectivity index (χ1n) is 6.58. The van der Waals surface area contributed by atoms with Crippen molar-refractivity contribution in [3.8, 4) is 0 Å². The molecule has 20 heavy (non-hydrogen) atoms. The molecule has 0 aromatic heterocycles. The summed E-state index contributed by atoms with van der Waals surface area (Å²) in [4.78, 5) is 34.0. The number of hydrogen-bond donors (Lipinski definition) is 3. The second kappa shape index (κ2) is 6.18. The third-order valence-electron chi connectivity index (χ3n) is 3.05. The molecule has 1 aliphatic heterocycles. The summed E-state index contributed by atoms with van der Waals surface area (Å²) >= 11 is 0. The van der Waals surface area contributed by atoms with Gasteiger partial charge in [0.05, 0.1) is 6.54 Å². The van der Waals surface area contributed by atoms with Crippen LogP contribution in [0, 0.1) is 0 Å². The number of hydrogen-bond acceptors (Lipinski definition) is 3. The van der Waals surface area contributed by atoms with Crippen LogP contribution in [0.4, 0.5) is 11.4 Å². The lowest BCUT2D eigenvalue weighted by molar-refractivity contribution is -0.123. The van der Waals surface area contributed by atoms with Crippen molar-refractivity contribution in [1.82, 2.24) is 5.32 Å². The minimum Gasteiger partial charge on any atom is -0.347 e. The summed E-state index contributed by atoms with van der Waals surface area (Å²) in [5, 5.41) is 8.01. The average Bonchev–Trinajstić information content (AvgIpc) is 2.45. The molecule has 0 fully saturated rings. The maximum absolute atomic E-state index is 11.7. The molecule has 0 bridgehead atoms. The van der Waals surface area contributed by atoms with Gasteiger partial charge in [0.15, 0.2) is 0 Å². The van der Waals surface area contributed by atoms with Crippen LogP contribution in [0.5, 0.6) is 0 Å².